The summed E-state index contributed by atoms with van der Waals surface area (Å²) in [6.07, 6.45) is 1.02. The first kappa shape index (κ1) is 17.2. The minimum absolute atomic E-state index is 0. The smallest absolute Gasteiger partial charge is 0.267 e. The zero-order valence-corrected chi connectivity index (χ0v) is 14.6. The van der Waals surface area contributed by atoms with Crippen molar-refractivity contribution in [3.8, 4) is 10.6 Å². The normalized spacial score (nSPS) is 9.29. The second-order valence-corrected chi connectivity index (χ2v) is 5.12. The Morgan fingerprint density at radius 2 is 2.06 bits per heavy atom. The van der Waals surface area contributed by atoms with Crippen LogP contribution in [0.15, 0.2) is 34.1 Å². The summed E-state index contributed by atoms with van der Waals surface area (Å²) < 4.78 is 1.11. The molecule has 1 heterocycles. The molecule has 2 nitrogen and oxygen atoms in total. The lowest BCUT2D eigenvalue weighted by Gasteiger charge is -1.92. The molecule has 2 rings (SSSR count). The van der Waals surface area contributed by atoms with E-state index in [0.29, 0.717) is 0 Å². The van der Waals surface area contributed by atoms with Crippen molar-refractivity contribution in [1.82, 2.24) is 0 Å². The van der Waals surface area contributed by atoms with Crippen molar-refractivity contribution in [2.75, 3.05) is 6.54 Å². The predicted molar refractivity (Wildman–Crippen MR) is 65.5 cm³/mol. The van der Waals surface area contributed by atoms with Crippen LogP contribution in [-0.4, -0.2) is 6.54 Å². The van der Waals surface area contributed by atoms with Crippen LogP contribution in [0.4, 0.5) is 0 Å². The number of thiazole rings is 1. The third-order valence-corrected chi connectivity index (χ3v) is 3.60. The molecule has 0 fully saturated rings. The molecule has 0 aliphatic carbocycles. The van der Waals surface area contributed by atoms with Gasteiger partial charge in [0.1, 0.15) is 0 Å². The molecule has 0 atom stereocenters. The molecular formula is C11H13Br3N2S. The van der Waals surface area contributed by atoms with Gasteiger partial charge in [0.2, 0.25) is 0 Å². The first-order chi connectivity index (χ1) is 7.29. The molecule has 0 radical (unpaired) electrons. The first-order valence-corrected chi connectivity index (χ1v) is 6.52. The SMILES string of the molecule is [Br-].[Br-].[NH3+]CCc1csc(-c2cccc(Br)c2)[nH+]1. The molecule has 4 N–H and O–H groups in total. The van der Waals surface area contributed by atoms with Gasteiger partial charge in [-0.2, -0.15) is 4.98 Å². The minimum atomic E-state index is 0. The molecule has 2 aromatic rings. The Balaban J connectivity index is 0.00000128. The van der Waals surface area contributed by atoms with Crippen molar-refractivity contribution in [1.29, 1.82) is 0 Å². The van der Waals surface area contributed by atoms with Crippen molar-refractivity contribution in [2.24, 2.45) is 0 Å². The van der Waals surface area contributed by atoms with E-state index in [1.54, 1.807) is 11.3 Å². The van der Waals surface area contributed by atoms with Gasteiger partial charge in [0.05, 0.1) is 23.9 Å². The molecular weight excluding hydrogens is 432 g/mol. The van der Waals surface area contributed by atoms with Crippen LogP contribution in [0.1, 0.15) is 5.69 Å². The van der Waals surface area contributed by atoms with Crippen molar-refractivity contribution in [3.63, 3.8) is 0 Å². The average Bonchev–Trinajstić information content (AvgIpc) is 2.67. The maximum absolute atomic E-state index is 3.85. The van der Waals surface area contributed by atoms with Gasteiger partial charge in [-0.05, 0) is 18.2 Å². The van der Waals surface area contributed by atoms with Crippen LogP contribution in [0.25, 0.3) is 10.6 Å². The zero-order chi connectivity index (χ0) is 10.7. The third-order valence-electron chi connectivity index (χ3n) is 2.13. The van der Waals surface area contributed by atoms with Gasteiger partial charge in [0.25, 0.3) is 5.01 Å². The van der Waals surface area contributed by atoms with Crippen molar-refractivity contribution < 1.29 is 44.7 Å². The molecule has 1 aromatic carbocycles. The Morgan fingerprint density at radius 3 is 2.71 bits per heavy atom. The van der Waals surface area contributed by atoms with E-state index in [4.69, 9.17) is 0 Å². The van der Waals surface area contributed by atoms with Crippen LogP contribution in [0.3, 0.4) is 0 Å². The summed E-state index contributed by atoms with van der Waals surface area (Å²) in [6.45, 7) is 0.936. The maximum atomic E-state index is 3.85. The van der Waals surface area contributed by atoms with E-state index in [1.807, 2.05) is 12.1 Å². The summed E-state index contributed by atoms with van der Waals surface area (Å²) in [7, 11) is 0. The lowest BCUT2D eigenvalue weighted by molar-refractivity contribution is -0.394. The fourth-order valence-electron chi connectivity index (χ4n) is 1.42. The number of rotatable bonds is 3. The summed E-state index contributed by atoms with van der Waals surface area (Å²) >= 11 is 5.22. The summed E-state index contributed by atoms with van der Waals surface area (Å²) in [5, 5.41) is 3.38. The second kappa shape index (κ2) is 8.37. The molecule has 0 aliphatic heterocycles. The molecule has 0 spiro atoms. The predicted octanol–water partition coefficient (Wildman–Crippen LogP) is -4.22. The van der Waals surface area contributed by atoms with Gasteiger partial charge in [-0.15, -0.1) is 0 Å². The summed E-state index contributed by atoms with van der Waals surface area (Å²) in [4.78, 5) is 3.42. The van der Waals surface area contributed by atoms with E-state index in [2.05, 4.69) is 44.2 Å². The zero-order valence-electron chi connectivity index (χ0n) is 9.05. The number of halogens is 3. The Hall–Kier alpha value is 0.250. The highest BCUT2D eigenvalue weighted by molar-refractivity contribution is 9.10. The Kier molecular flexibility index (Phi) is 8.49. The number of nitrogens with one attached hydrogen (secondary N) is 1. The van der Waals surface area contributed by atoms with E-state index in [9.17, 15) is 0 Å². The lowest BCUT2D eigenvalue weighted by Crippen LogP contribution is -3.00. The number of quaternary nitrogens is 1. The number of hydrogen-bond acceptors (Lipinski definition) is 1. The standard InChI is InChI=1S/C11H11BrN2S.2BrH/c12-9-3-1-2-8(6-9)11-14-10(4-5-13)7-15-11;;/h1-3,6-7H,4-5,13H2;2*1H. The minimum Gasteiger partial charge on any atom is -1.00 e. The third kappa shape index (κ3) is 4.79. The number of hydrogen-bond donors (Lipinski definition) is 1. The Labute approximate surface area is 134 Å². The largest absolute Gasteiger partial charge is 1.00 e. The van der Waals surface area contributed by atoms with E-state index >= 15 is 0 Å². The Morgan fingerprint density at radius 1 is 1.29 bits per heavy atom. The first-order valence-electron chi connectivity index (χ1n) is 4.84. The molecule has 0 saturated heterocycles. The molecule has 17 heavy (non-hydrogen) atoms. The quantitative estimate of drug-likeness (QED) is 0.499. The van der Waals surface area contributed by atoms with Crippen LogP contribution in [0.5, 0.6) is 0 Å². The van der Waals surface area contributed by atoms with Gasteiger partial charge >= 0.3 is 0 Å². The molecule has 6 heteroatoms. The van der Waals surface area contributed by atoms with Crippen LogP contribution in [0.2, 0.25) is 0 Å². The Bertz CT molecular complexity index is 459. The number of aromatic amines is 1. The van der Waals surface area contributed by atoms with E-state index in [0.717, 1.165) is 17.4 Å². The fourth-order valence-corrected chi connectivity index (χ4v) is 2.71. The van der Waals surface area contributed by atoms with Gasteiger partial charge in [-0.1, -0.05) is 33.3 Å². The summed E-state index contributed by atoms with van der Waals surface area (Å²) in [5.74, 6) is 0. The van der Waals surface area contributed by atoms with Crippen LogP contribution >= 0.6 is 27.3 Å². The monoisotopic (exact) mass is 442 g/mol. The fraction of sp³-hybridized carbons (Fsp3) is 0.182. The van der Waals surface area contributed by atoms with E-state index in [1.165, 1.54) is 16.3 Å². The van der Waals surface area contributed by atoms with Crippen molar-refractivity contribution in [2.45, 2.75) is 6.42 Å². The summed E-state index contributed by atoms with van der Waals surface area (Å²) in [6, 6.07) is 8.32. The topological polar surface area (TPSA) is 41.8 Å². The number of aromatic nitrogens is 1. The van der Waals surface area contributed by atoms with Crippen LogP contribution in [-0.2, 0) is 6.42 Å². The number of H-pyrrole nitrogens is 1. The van der Waals surface area contributed by atoms with E-state index < -0.39 is 0 Å². The highest BCUT2D eigenvalue weighted by Gasteiger charge is 2.11. The molecule has 0 aliphatic rings. The van der Waals surface area contributed by atoms with Crippen molar-refractivity contribution in [3.05, 3.63) is 39.8 Å². The van der Waals surface area contributed by atoms with Gasteiger partial charge in [0.15, 0.2) is 5.69 Å². The van der Waals surface area contributed by atoms with Crippen molar-refractivity contribution >= 4 is 27.3 Å². The van der Waals surface area contributed by atoms with E-state index in [-0.39, 0.29) is 34.0 Å². The molecule has 0 saturated carbocycles. The van der Waals surface area contributed by atoms with Gasteiger partial charge in [-0.3, -0.25) is 0 Å². The molecule has 94 valence electrons. The molecule has 0 unspecified atom stereocenters. The van der Waals surface area contributed by atoms with Gasteiger partial charge in [0, 0.05) is 4.47 Å². The molecule has 0 bridgehead atoms. The molecule has 1 aromatic heterocycles. The lowest BCUT2D eigenvalue weighted by atomic mass is 10.2. The van der Waals surface area contributed by atoms with Gasteiger partial charge in [-0.25, -0.2) is 0 Å². The highest BCUT2D eigenvalue weighted by Crippen LogP contribution is 2.23. The second-order valence-electron chi connectivity index (χ2n) is 3.33. The maximum Gasteiger partial charge on any atom is 0.267 e. The number of benzene rings is 1. The average molecular weight is 445 g/mol. The van der Waals surface area contributed by atoms with Gasteiger partial charge < -0.3 is 39.7 Å². The van der Waals surface area contributed by atoms with Crippen LogP contribution in [0, 0.1) is 0 Å². The van der Waals surface area contributed by atoms with Crippen LogP contribution < -0.4 is 44.7 Å². The summed E-state index contributed by atoms with van der Waals surface area (Å²) in [5.41, 5.74) is 6.35. The highest BCUT2D eigenvalue weighted by atomic mass is 79.9. The molecule has 0 amide bonds.